The normalized spacial score (nSPS) is 21.4. The molecule has 1 aromatic heterocycles. The van der Waals surface area contributed by atoms with Crippen LogP contribution in [-0.4, -0.2) is 30.6 Å². The number of fused-ring (bicyclic) bond motifs is 1. The average molecular weight is 293 g/mol. The molecule has 0 amide bonds. The van der Waals surface area contributed by atoms with E-state index in [1.807, 2.05) is 18.2 Å². The number of hydrogen-bond donors (Lipinski definition) is 1. The maximum Gasteiger partial charge on any atom is 0.161 e. The molecule has 1 aliphatic carbocycles. The predicted molar refractivity (Wildman–Crippen MR) is 81.1 cm³/mol. The van der Waals surface area contributed by atoms with Crippen LogP contribution in [0, 0.1) is 0 Å². The highest BCUT2D eigenvalue weighted by molar-refractivity contribution is 6.21. The van der Waals surface area contributed by atoms with Crippen molar-refractivity contribution in [2.75, 3.05) is 19.5 Å². The number of nitrogens with one attached hydrogen (secondary N) is 1. The summed E-state index contributed by atoms with van der Waals surface area (Å²) >= 11 is 6.02. The molecule has 20 heavy (non-hydrogen) atoms. The minimum Gasteiger partial charge on any atom is -0.493 e. The number of alkyl halides is 1. The number of halogens is 1. The number of pyridine rings is 1. The zero-order valence-corrected chi connectivity index (χ0v) is 12.3. The number of ether oxygens (including phenoxy) is 2. The van der Waals surface area contributed by atoms with Gasteiger partial charge < -0.3 is 14.8 Å². The predicted octanol–water partition coefficient (Wildman–Crippen LogP) is 3.43. The van der Waals surface area contributed by atoms with Gasteiger partial charge in [-0.25, -0.2) is 4.98 Å². The van der Waals surface area contributed by atoms with Crippen LogP contribution < -0.4 is 14.8 Å². The van der Waals surface area contributed by atoms with Gasteiger partial charge in [-0.05, 0) is 36.4 Å². The molecule has 0 unspecified atom stereocenters. The number of hydrogen-bond acceptors (Lipinski definition) is 4. The van der Waals surface area contributed by atoms with Gasteiger partial charge in [-0.2, -0.15) is 0 Å². The lowest BCUT2D eigenvalue weighted by molar-refractivity contribution is 0.356. The van der Waals surface area contributed by atoms with Crippen LogP contribution in [0.25, 0.3) is 10.8 Å². The molecule has 106 valence electrons. The molecule has 2 aromatic rings. The lowest BCUT2D eigenvalue weighted by Crippen LogP contribution is -2.36. The summed E-state index contributed by atoms with van der Waals surface area (Å²) in [5.74, 6) is 2.30. The fourth-order valence-corrected chi connectivity index (χ4v) is 2.90. The van der Waals surface area contributed by atoms with Gasteiger partial charge in [0.2, 0.25) is 0 Å². The molecule has 0 radical (unpaired) electrons. The SMILES string of the molecule is COc1cc2ccnc(NC3CC(Cl)C3)c2cc1OC. The number of aromatic nitrogens is 1. The fourth-order valence-electron chi connectivity index (χ4n) is 2.47. The monoisotopic (exact) mass is 292 g/mol. The van der Waals surface area contributed by atoms with Gasteiger partial charge in [-0.15, -0.1) is 11.6 Å². The van der Waals surface area contributed by atoms with Gasteiger partial charge in [0.25, 0.3) is 0 Å². The van der Waals surface area contributed by atoms with Gasteiger partial charge in [-0.3, -0.25) is 0 Å². The summed E-state index contributed by atoms with van der Waals surface area (Å²) in [5.41, 5.74) is 0. The zero-order chi connectivity index (χ0) is 14.1. The van der Waals surface area contributed by atoms with Crippen molar-refractivity contribution in [3.8, 4) is 11.5 Å². The third-order valence-electron chi connectivity index (χ3n) is 3.69. The molecule has 1 aromatic carbocycles. The molecule has 0 saturated heterocycles. The van der Waals surface area contributed by atoms with Gasteiger partial charge in [0, 0.05) is 23.0 Å². The second kappa shape index (κ2) is 5.37. The second-order valence-electron chi connectivity index (χ2n) is 5.00. The largest absolute Gasteiger partial charge is 0.493 e. The fraction of sp³-hybridized carbons (Fsp3) is 0.400. The Morgan fingerprint density at radius 2 is 1.90 bits per heavy atom. The standard InChI is InChI=1S/C15H17ClN2O2/c1-19-13-5-9-3-4-17-15(12(9)8-14(13)20-2)18-11-6-10(16)7-11/h3-5,8,10-11H,6-7H2,1-2H3,(H,17,18). The molecule has 0 atom stereocenters. The molecule has 1 fully saturated rings. The van der Waals surface area contributed by atoms with E-state index in [1.54, 1.807) is 20.4 Å². The molecular formula is C15H17ClN2O2. The number of benzene rings is 1. The Labute approximate surface area is 123 Å². The molecule has 4 nitrogen and oxygen atoms in total. The Hall–Kier alpha value is -1.68. The lowest BCUT2D eigenvalue weighted by atomic mass is 9.92. The van der Waals surface area contributed by atoms with E-state index >= 15 is 0 Å². The van der Waals surface area contributed by atoms with Crippen molar-refractivity contribution in [3.05, 3.63) is 24.4 Å². The highest BCUT2D eigenvalue weighted by Crippen LogP contribution is 2.36. The number of methoxy groups -OCH3 is 2. The van der Waals surface area contributed by atoms with Gasteiger partial charge in [0.1, 0.15) is 5.82 Å². The molecule has 1 N–H and O–H groups in total. The Morgan fingerprint density at radius 1 is 1.20 bits per heavy atom. The summed E-state index contributed by atoms with van der Waals surface area (Å²) < 4.78 is 10.7. The number of rotatable bonds is 4. The molecule has 0 aliphatic heterocycles. The number of anilines is 1. The highest BCUT2D eigenvalue weighted by Gasteiger charge is 2.27. The molecular weight excluding hydrogens is 276 g/mol. The van der Waals surface area contributed by atoms with Gasteiger partial charge >= 0.3 is 0 Å². The summed E-state index contributed by atoms with van der Waals surface area (Å²) in [6, 6.07) is 6.30. The van der Waals surface area contributed by atoms with Crippen LogP contribution in [0.1, 0.15) is 12.8 Å². The van der Waals surface area contributed by atoms with Crippen molar-refractivity contribution in [2.24, 2.45) is 0 Å². The molecule has 1 saturated carbocycles. The van der Waals surface area contributed by atoms with Gasteiger partial charge in [0.15, 0.2) is 11.5 Å². The van der Waals surface area contributed by atoms with Crippen molar-refractivity contribution >= 4 is 28.2 Å². The van der Waals surface area contributed by atoms with Crippen LogP contribution in [0.4, 0.5) is 5.82 Å². The molecule has 1 heterocycles. The van der Waals surface area contributed by atoms with E-state index in [-0.39, 0.29) is 5.38 Å². The summed E-state index contributed by atoms with van der Waals surface area (Å²) in [5, 5.41) is 5.84. The topological polar surface area (TPSA) is 43.4 Å². The molecule has 5 heteroatoms. The van der Waals surface area contributed by atoms with Crippen LogP contribution in [0.15, 0.2) is 24.4 Å². The van der Waals surface area contributed by atoms with Crippen molar-refractivity contribution < 1.29 is 9.47 Å². The number of nitrogens with zero attached hydrogens (tertiary/aromatic N) is 1. The Bertz CT molecular complexity index is 627. The van der Waals surface area contributed by atoms with Crippen molar-refractivity contribution in [1.82, 2.24) is 4.98 Å². The minimum atomic E-state index is 0.289. The molecule has 1 aliphatic rings. The molecule has 3 rings (SSSR count). The van der Waals surface area contributed by atoms with E-state index in [2.05, 4.69) is 10.3 Å². The summed E-state index contributed by atoms with van der Waals surface area (Å²) in [4.78, 5) is 4.43. The quantitative estimate of drug-likeness (QED) is 0.877. The van der Waals surface area contributed by atoms with E-state index in [0.717, 1.165) is 35.2 Å². The average Bonchev–Trinajstić information content (AvgIpc) is 2.44. The van der Waals surface area contributed by atoms with E-state index in [1.165, 1.54) is 0 Å². The van der Waals surface area contributed by atoms with Gasteiger partial charge in [0.05, 0.1) is 14.2 Å². The lowest BCUT2D eigenvalue weighted by Gasteiger charge is -2.32. The van der Waals surface area contributed by atoms with Crippen molar-refractivity contribution in [3.63, 3.8) is 0 Å². The smallest absolute Gasteiger partial charge is 0.161 e. The summed E-state index contributed by atoms with van der Waals surface area (Å²) in [6.45, 7) is 0. The Kier molecular flexibility index (Phi) is 3.57. The van der Waals surface area contributed by atoms with Gasteiger partial charge in [-0.1, -0.05) is 0 Å². The first kappa shape index (κ1) is 13.3. The van der Waals surface area contributed by atoms with Crippen LogP contribution in [0.5, 0.6) is 11.5 Å². The Balaban J connectivity index is 1.99. The van der Waals surface area contributed by atoms with E-state index in [4.69, 9.17) is 21.1 Å². The zero-order valence-electron chi connectivity index (χ0n) is 11.5. The third kappa shape index (κ3) is 2.36. The first-order chi connectivity index (χ1) is 9.71. The van der Waals surface area contributed by atoms with E-state index in [9.17, 15) is 0 Å². The van der Waals surface area contributed by atoms with Crippen LogP contribution in [-0.2, 0) is 0 Å². The third-order valence-corrected chi connectivity index (χ3v) is 4.05. The first-order valence-corrected chi connectivity index (χ1v) is 7.06. The highest BCUT2D eigenvalue weighted by atomic mass is 35.5. The second-order valence-corrected chi connectivity index (χ2v) is 5.62. The van der Waals surface area contributed by atoms with Crippen LogP contribution in [0.3, 0.4) is 0 Å². The van der Waals surface area contributed by atoms with Crippen LogP contribution >= 0.6 is 11.6 Å². The summed E-state index contributed by atoms with van der Waals surface area (Å²) in [6.07, 6.45) is 3.76. The molecule has 0 bridgehead atoms. The first-order valence-electron chi connectivity index (χ1n) is 6.62. The van der Waals surface area contributed by atoms with E-state index < -0.39 is 0 Å². The maximum absolute atomic E-state index is 6.02. The maximum atomic E-state index is 6.02. The van der Waals surface area contributed by atoms with Crippen molar-refractivity contribution in [1.29, 1.82) is 0 Å². The van der Waals surface area contributed by atoms with Crippen LogP contribution in [0.2, 0.25) is 0 Å². The Morgan fingerprint density at radius 3 is 2.55 bits per heavy atom. The van der Waals surface area contributed by atoms with E-state index in [0.29, 0.717) is 11.8 Å². The molecule has 0 spiro atoms. The summed E-state index contributed by atoms with van der Waals surface area (Å²) in [7, 11) is 3.27. The minimum absolute atomic E-state index is 0.289. The van der Waals surface area contributed by atoms with Crippen molar-refractivity contribution in [2.45, 2.75) is 24.3 Å².